The smallest absolute Gasteiger partial charge is 0.449 e. The van der Waals surface area contributed by atoms with E-state index in [9.17, 15) is 4.79 Å². The Hall–Kier alpha value is -1.72. The number of nitrogens with two attached hydrogens (primary N) is 1. The molecule has 1 aromatic heterocycles. The monoisotopic (exact) mass is 143 g/mol. The molecule has 0 saturated heterocycles. The van der Waals surface area contributed by atoms with Crippen LogP contribution in [0.25, 0.3) is 0 Å². The van der Waals surface area contributed by atoms with Crippen LogP contribution in [0.3, 0.4) is 0 Å². The van der Waals surface area contributed by atoms with Gasteiger partial charge in [0, 0.05) is 6.07 Å². The molecular weight excluding hydrogens is 138 g/mol. The van der Waals surface area contributed by atoms with Crippen LogP contribution in [-0.2, 0) is 0 Å². The minimum absolute atomic E-state index is 0.0185. The molecule has 6 heteroatoms. The van der Waals surface area contributed by atoms with Crippen LogP contribution in [0.1, 0.15) is 0 Å². The van der Waals surface area contributed by atoms with Gasteiger partial charge in [0.25, 0.3) is 0 Å². The topological polar surface area (TPSA) is 101 Å². The van der Waals surface area contributed by atoms with Crippen LogP contribution in [0.2, 0.25) is 0 Å². The number of carboxylic acid groups (broad SMARTS) is 1. The molecule has 0 spiro atoms. The predicted octanol–water partition coefficient (Wildman–Crippen LogP) is 0.0487. The van der Waals surface area contributed by atoms with Gasteiger partial charge >= 0.3 is 6.16 Å². The maximum atomic E-state index is 9.87. The average molecular weight is 143 g/mol. The van der Waals surface area contributed by atoms with Crippen LogP contribution >= 0.6 is 0 Å². The molecule has 10 heavy (non-hydrogen) atoms. The molecule has 0 atom stereocenters. The summed E-state index contributed by atoms with van der Waals surface area (Å²) in [5, 5.41) is 13.8. The molecule has 6 nitrogen and oxygen atoms in total. The molecule has 0 bridgehead atoms. The Bertz CT molecular complexity index is 244. The molecule has 0 aliphatic heterocycles. The minimum atomic E-state index is -1.40. The van der Waals surface area contributed by atoms with Crippen LogP contribution in [-0.4, -0.2) is 21.5 Å². The van der Waals surface area contributed by atoms with Crippen molar-refractivity contribution in [2.45, 2.75) is 0 Å². The molecule has 4 N–H and O–H groups in total. The molecule has 0 aliphatic rings. The third-order valence-corrected chi connectivity index (χ3v) is 0.771. The van der Waals surface area contributed by atoms with Crippen molar-refractivity contribution >= 4 is 12.0 Å². The number of nitrogen functional groups attached to an aromatic ring is 1. The summed E-state index contributed by atoms with van der Waals surface area (Å²) in [5.41, 5.74) is 5.14. The van der Waals surface area contributed by atoms with E-state index in [2.05, 4.69) is 14.9 Å². The van der Waals surface area contributed by atoms with Crippen molar-refractivity contribution < 1.29 is 14.6 Å². The van der Waals surface area contributed by atoms with E-state index >= 15 is 0 Å². The molecule has 1 heterocycles. The lowest BCUT2D eigenvalue weighted by molar-refractivity contribution is 0.142. The zero-order valence-electron chi connectivity index (χ0n) is 4.87. The molecule has 0 unspecified atom stereocenters. The van der Waals surface area contributed by atoms with Gasteiger partial charge < -0.3 is 15.6 Å². The second kappa shape index (κ2) is 2.26. The van der Waals surface area contributed by atoms with Crippen molar-refractivity contribution in [2.24, 2.45) is 0 Å². The van der Waals surface area contributed by atoms with E-state index in [-0.39, 0.29) is 11.7 Å². The Morgan fingerprint density at radius 2 is 2.60 bits per heavy atom. The number of nitrogens with one attached hydrogen (secondary N) is 1. The van der Waals surface area contributed by atoms with Gasteiger partial charge in [0.2, 0.25) is 5.88 Å². The summed E-state index contributed by atoms with van der Waals surface area (Å²) in [7, 11) is 0. The first-order valence-electron chi connectivity index (χ1n) is 2.40. The van der Waals surface area contributed by atoms with Crippen molar-refractivity contribution in [1.29, 1.82) is 0 Å². The maximum absolute atomic E-state index is 9.87. The number of carbonyl (C=O) groups is 1. The van der Waals surface area contributed by atoms with Crippen molar-refractivity contribution in [1.82, 2.24) is 10.2 Å². The van der Waals surface area contributed by atoms with Crippen molar-refractivity contribution in [3.63, 3.8) is 0 Å². The highest BCUT2D eigenvalue weighted by molar-refractivity contribution is 5.60. The van der Waals surface area contributed by atoms with Gasteiger partial charge in [-0.15, -0.1) is 0 Å². The second-order valence-corrected chi connectivity index (χ2v) is 1.53. The van der Waals surface area contributed by atoms with Crippen LogP contribution in [0, 0.1) is 0 Å². The van der Waals surface area contributed by atoms with Gasteiger partial charge in [0.15, 0.2) is 0 Å². The van der Waals surface area contributed by atoms with Gasteiger partial charge in [0.05, 0.1) is 0 Å². The van der Waals surface area contributed by atoms with E-state index in [1.807, 2.05) is 0 Å². The van der Waals surface area contributed by atoms with Crippen LogP contribution < -0.4 is 10.5 Å². The SMILES string of the molecule is Nc1cc(OC(=O)O)[nH]n1. The molecule has 1 rings (SSSR count). The Balaban J connectivity index is 2.67. The van der Waals surface area contributed by atoms with Gasteiger partial charge in [0.1, 0.15) is 5.82 Å². The molecule has 0 aromatic carbocycles. The number of H-pyrrole nitrogens is 1. The molecule has 0 aliphatic carbocycles. The van der Waals surface area contributed by atoms with Crippen LogP contribution in [0.4, 0.5) is 10.6 Å². The summed E-state index contributed by atoms with van der Waals surface area (Å²) in [4.78, 5) is 9.87. The zero-order valence-corrected chi connectivity index (χ0v) is 4.87. The number of anilines is 1. The average Bonchev–Trinajstić information content (AvgIpc) is 2.13. The Labute approximate surface area is 55.6 Å². The number of hydrogen-bond donors (Lipinski definition) is 3. The summed E-state index contributed by atoms with van der Waals surface area (Å²) in [6, 6.07) is 1.27. The summed E-state index contributed by atoms with van der Waals surface area (Å²) in [5.74, 6) is 0.209. The molecular formula is C4H5N3O3. The number of nitrogens with zero attached hydrogens (tertiary/aromatic N) is 1. The summed E-state index contributed by atoms with van der Waals surface area (Å²) < 4.78 is 4.15. The number of rotatable bonds is 1. The van der Waals surface area contributed by atoms with E-state index in [1.54, 1.807) is 0 Å². The lowest BCUT2D eigenvalue weighted by atomic mass is 10.6. The minimum Gasteiger partial charge on any atom is -0.449 e. The number of hydrogen-bond acceptors (Lipinski definition) is 4. The van der Waals surface area contributed by atoms with Crippen molar-refractivity contribution in [2.75, 3.05) is 5.73 Å². The summed E-state index contributed by atoms with van der Waals surface area (Å²) in [6.07, 6.45) is -1.40. The van der Waals surface area contributed by atoms with Gasteiger partial charge in [-0.3, -0.25) is 0 Å². The van der Waals surface area contributed by atoms with Gasteiger partial charge in [-0.25, -0.2) is 9.89 Å². The zero-order chi connectivity index (χ0) is 7.56. The molecule has 0 saturated carbocycles. The van der Waals surface area contributed by atoms with E-state index in [1.165, 1.54) is 6.07 Å². The highest BCUT2D eigenvalue weighted by Crippen LogP contribution is 2.08. The number of aromatic nitrogens is 2. The summed E-state index contributed by atoms with van der Waals surface area (Å²) in [6.45, 7) is 0. The number of ether oxygens (including phenoxy) is 1. The Kier molecular flexibility index (Phi) is 1.44. The quantitative estimate of drug-likeness (QED) is 0.482. The van der Waals surface area contributed by atoms with Crippen LogP contribution in [0.15, 0.2) is 6.07 Å². The maximum Gasteiger partial charge on any atom is 0.512 e. The highest BCUT2D eigenvalue weighted by atomic mass is 16.7. The van der Waals surface area contributed by atoms with Gasteiger partial charge in [-0.1, -0.05) is 0 Å². The van der Waals surface area contributed by atoms with E-state index in [0.29, 0.717) is 0 Å². The first-order valence-corrected chi connectivity index (χ1v) is 2.40. The normalized spacial score (nSPS) is 9.20. The molecule has 0 fully saturated rings. The fourth-order valence-electron chi connectivity index (χ4n) is 0.465. The van der Waals surface area contributed by atoms with E-state index < -0.39 is 6.16 Å². The largest absolute Gasteiger partial charge is 0.512 e. The van der Waals surface area contributed by atoms with Crippen molar-refractivity contribution in [3.8, 4) is 5.88 Å². The fraction of sp³-hybridized carbons (Fsp3) is 0. The Morgan fingerprint density at radius 1 is 1.90 bits per heavy atom. The second-order valence-electron chi connectivity index (χ2n) is 1.53. The standard InChI is InChI=1S/C4H5N3O3/c5-2-1-3(7-6-2)10-4(8)9/h1H,(H,8,9)(H3,5,6,7). The highest BCUT2D eigenvalue weighted by Gasteiger charge is 2.02. The van der Waals surface area contributed by atoms with E-state index in [0.717, 1.165) is 0 Å². The lowest BCUT2D eigenvalue weighted by Crippen LogP contribution is -2.02. The molecule has 0 radical (unpaired) electrons. The van der Waals surface area contributed by atoms with Gasteiger partial charge in [-0.05, 0) is 0 Å². The Morgan fingerprint density at radius 3 is 3.00 bits per heavy atom. The summed E-state index contributed by atoms with van der Waals surface area (Å²) >= 11 is 0. The van der Waals surface area contributed by atoms with E-state index in [4.69, 9.17) is 10.8 Å². The lowest BCUT2D eigenvalue weighted by Gasteiger charge is -1.89. The predicted molar refractivity (Wildman–Crippen MR) is 31.7 cm³/mol. The molecule has 1 aromatic rings. The molecule has 54 valence electrons. The molecule has 0 amide bonds. The number of aromatic amines is 1. The van der Waals surface area contributed by atoms with Gasteiger partial charge in [-0.2, -0.15) is 5.10 Å². The first-order chi connectivity index (χ1) is 4.68. The van der Waals surface area contributed by atoms with Crippen molar-refractivity contribution in [3.05, 3.63) is 6.07 Å². The first kappa shape index (κ1) is 6.40. The van der Waals surface area contributed by atoms with Crippen LogP contribution in [0.5, 0.6) is 5.88 Å². The third-order valence-electron chi connectivity index (χ3n) is 0.771. The fourth-order valence-corrected chi connectivity index (χ4v) is 0.465. The third kappa shape index (κ3) is 1.38.